The summed E-state index contributed by atoms with van der Waals surface area (Å²) in [6, 6.07) is 8.64. The van der Waals surface area contributed by atoms with E-state index >= 15 is 0 Å². The van der Waals surface area contributed by atoms with Crippen LogP contribution in [0.3, 0.4) is 0 Å². The average Bonchev–Trinajstić information content (AvgIpc) is 2.95. The van der Waals surface area contributed by atoms with Crippen molar-refractivity contribution in [2.45, 2.75) is 32.0 Å². The second-order valence-corrected chi connectivity index (χ2v) is 4.62. The van der Waals surface area contributed by atoms with Gasteiger partial charge in [0.15, 0.2) is 0 Å². The number of benzene rings is 1. The highest BCUT2D eigenvalue weighted by Crippen LogP contribution is 2.32. The summed E-state index contributed by atoms with van der Waals surface area (Å²) in [6.45, 7) is 2.84. The molecule has 0 spiro atoms. The first-order valence-electron chi connectivity index (χ1n) is 6.28. The molecule has 2 unspecified atom stereocenters. The molecule has 0 aliphatic heterocycles. The van der Waals surface area contributed by atoms with Crippen LogP contribution in [0.2, 0.25) is 0 Å². The molecule has 2 aromatic rings. The number of fused-ring (bicyclic) bond motifs is 1. The summed E-state index contributed by atoms with van der Waals surface area (Å²) in [5.41, 5.74) is 8.84. The second kappa shape index (κ2) is 4.42. The molecule has 0 amide bonds. The molecule has 0 fully saturated rings. The fourth-order valence-corrected chi connectivity index (χ4v) is 2.57. The maximum Gasteiger partial charge on any atom is 0.145 e. The SMILES string of the molecule is CCn1nncc1NC1c2ccccc2CC1N. The zero-order valence-electron chi connectivity index (χ0n) is 10.4. The molecule has 5 heteroatoms. The summed E-state index contributed by atoms with van der Waals surface area (Å²) in [5.74, 6) is 0.926. The van der Waals surface area contributed by atoms with Gasteiger partial charge in [-0.3, -0.25) is 0 Å². The molecule has 0 saturated carbocycles. The van der Waals surface area contributed by atoms with E-state index in [4.69, 9.17) is 5.73 Å². The van der Waals surface area contributed by atoms with Gasteiger partial charge in [0.05, 0.1) is 12.2 Å². The Hall–Kier alpha value is -1.88. The number of rotatable bonds is 3. The Balaban J connectivity index is 1.89. The number of aryl methyl sites for hydroxylation is 1. The third-order valence-corrected chi connectivity index (χ3v) is 3.49. The van der Waals surface area contributed by atoms with Crippen molar-refractivity contribution in [1.82, 2.24) is 15.0 Å². The maximum absolute atomic E-state index is 6.22. The smallest absolute Gasteiger partial charge is 0.145 e. The standard InChI is InChI=1S/C13H17N5/c1-2-18-12(8-15-17-18)16-13-10-6-4-3-5-9(10)7-11(13)14/h3-6,8,11,13,16H,2,7,14H2,1H3. The van der Waals surface area contributed by atoms with Crippen molar-refractivity contribution in [3.63, 3.8) is 0 Å². The van der Waals surface area contributed by atoms with Gasteiger partial charge in [-0.2, -0.15) is 0 Å². The van der Waals surface area contributed by atoms with E-state index < -0.39 is 0 Å². The van der Waals surface area contributed by atoms with E-state index in [1.54, 1.807) is 6.20 Å². The van der Waals surface area contributed by atoms with E-state index in [9.17, 15) is 0 Å². The highest BCUT2D eigenvalue weighted by Gasteiger charge is 2.30. The molecule has 3 N–H and O–H groups in total. The summed E-state index contributed by atoms with van der Waals surface area (Å²) in [5, 5.41) is 11.4. The number of nitrogens with two attached hydrogens (primary N) is 1. The zero-order valence-corrected chi connectivity index (χ0v) is 10.4. The zero-order chi connectivity index (χ0) is 12.5. The lowest BCUT2D eigenvalue weighted by atomic mass is 10.1. The van der Waals surface area contributed by atoms with Gasteiger partial charge in [0, 0.05) is 12.6 Å². The molecule has 3 rings (SSSR count). The van der Waals surface area contributed by atoms with Crippen molar-refractivity contribution in [1.29, 1.82) is 0 Å². The normalized spacial score (nSPS) is 21.9. The topological polar surface area (TPSA) is 68.8 Å². The monoisotopic (exact) mass is 243 g/mol. The first-order valence-corrected chi connectivity index (χ1v) is 6.28. The Morgan fingerprint density at radius 2 is 2.28 bits per heavy atom. The number of hydrogen-bond donors (Lipinski definition) is 2. The summed E-state index contributed by atoms with van der Waals surface area (Å²) < 4.78 is 1.84. The molecule has 1 aliphatic carbocycles. The summed E-state index contributed by atoms with van der Waals surface area (Å²) in [7, 11) is 0. The van der Waals surface area contributed by atoms with E-state index in [1.807, 2.05) is 11.6 Å². The molecule has 0 bridgehead atoms. The van der Waals surface area contributed by atoms with Crippen molar-refractivity contribution in [3.8, 4) is 0 Å². The Morgan fingerprint density at radius 1 is 1.44 bits per heavy atom. The molecule has 1 aromatic carbocycles. The predicted octanol–water partition coefficient (Wildman–Crippen LogP) is 1.33. The van der Waals surface area contributed by atoms with Crippen LogP contribution in [0.1, 0.15) is 24.1 Å². The van der Waals surface area contributed by atoms with Gasteiger partial charge in [-0.25, -0.2) is 4.68 Å². The van der Waals surface area contributed by atoms with Gasteiger partial charge in [-0.05, 0) is 24.5 Å². The molecular weight excluding hydrogens is 226 g/mol. The van der Waals surface area contributed by atoms with Crippen molar-refractivity contribution < 1.29 is 0 Å². The third kappa shape index (κ3) is 1.76. The van der Waals surface area contributed by atoms with Gasteiger partial charge in [0.2, 0.25) is 0 Å². The quantitative estimate of drug-likeness (QED) is 0.853. The first kappa shape index (κ1) is 11.2. The van der Waals surface area contributed by atoms with Crippen LogP contribution in [-0.2, 0) is 13.0 Å². The minimum atomic E-state index is 0.0996. The fraction of sp³-hybridized carbons (Fsp3) is 0.385. The highest BCUT2D eigenvalue weighted by atomic mass is 15.5. The third-order valence-electron chi connectivity index (χ3n) is 3.49. The Kier molecular flexibility index (Phi) is 2.76. The average molecular weight is 243 g/mol. The Bertz CT molecular complexity index is 548. The van der Waals surface area contributed by atoms with E-state index in [0.717, 1.165) is 18.8 Å². The number of hydrogen-bond acceptors (Lipinski definition) is 4. The summed E-state index contributed by atoms with van der Waals surface area (Å²) >= 11 is 0. The predicted molar refractivity (Wildman–Crippen MR) is 70.2 cm³/mol. The number of aromatic nitrogens is 3. The van der Waals surface area contributed by atoms with Gasteiger partial charge in [0.1, 0.15) is 5.82 Å². The summed E-state index contributed by atoms with van der Waals surface area (Å²) in [6.07, 6.45) is 2.67. The highest BCUT2D eigenvalue weighted by molar-refractivity contribution is 5.44. The lowest BCUT2D eigenvalue weighted by molar-refractivity contribution is 0.595. The van der Waals surface area contributed by atoms with Gasteiger partial charge in [-0.15, -0.1) is 5.10 Å². The molecule has 1 aliphatic rings. The van der Waals surface area contributed by atoms with Crippen molar-refractivity contribution >= 4 is 5.82 Å². The van der Waals surface area contributed by atoms with Gasteiger partial charge in [0.25, 0.3) is 0 Å². The molecule has 5 nitrogen and oxygen atoms in total. The molecular formula is C13H17N5. The van der Waals surface area contributed by atoms with E-state index in [2.05, 4.69) is 39.9 Å². The Labute approximate surface area is 106 Å². The summed E-state index contributed by atoms with van der Waals surface area (Å²) in [4.78, 5) is 0. The van der Waals surface area contributed by atoms with Crippen LogP contribution in [0.5, 0.6) is 0 Å². The number of nitrogens with one attached hydrogen (secondary N) is 1. The molecule has 1 heterocycles. The van der Waals surface area contributed by atoms with Crippen molar-refractivity contribution in [2.75, 3.05) is 5.32 Å². The van der Waals surface area contributed by atoms with Crippen LogP contribution in [0.4, 0.5) is 5.82 Å². The van der Waals surface area contributed by atoms with E-state index in [1.165, 1.54) is 11.1 Å². The minimum absolute atomic E-state index is 0.0996. The molecule has 1 aromatic heterocycles. The van der Waals surface area contributed by atoms with E-state index in [-0.39, 0.29) is 12.1 Å². The van der Waals surface area contributed by atoms with Gasteiger partial charge < -0.3 is 11.1 Å². The van der Waals surface area contributed by atoms with Crippen LogP contribution < -0.4 is 11.1 Å². The first-order chi connectivity index (χ1) is 8.79. The van der Waals surface area contributed by atoms with E-state index in [0.29, 0.717) is 0 Å². The second-order valence-electron chi connectivity index (χ2n) is 4.62. The van der Waals surface area contributed by atoms with Gasteiger partial charge >= 0.3 is 0 Å². The number of anilines is 1. The molecule has 18 heavy (non-hydrogen) atoms. The molecule has 2 atom stereocenters. The minimum Gasteiger partial charge on any atom is -0.361 e. The fourth-order valence-electron chi connectivity index (χ4n) is 2.57. The number of nitrogens with zero attached hydrogens (tertiary/aromatic N) is 3. The van der Waals surface area contributed by atoms with Crippen molar-refractivity contribution in [2.24, 2.45) is 5.73 Å². The lowest BCUT2D eigenvalue weighted by Gasteiger charge is -2.19. The maximum atomic E-state index is 6.22. The molecule has 0 radical (unpaired) electrons. The van der Waals surface area contributed by atoms with Crippen molar-refractivity contribution in [3.05, 3.63) is 41.6 Å². The van der Waals surface area contributed by atoms with Crippen LogP contribution in [0.25, 0.3) is 0 Å². The molecule has 0 saturated heterocycles. The lowest BCUT2D eigenvalue weighted by Crippen LogP contribution is -2.30. The van der Waals surface area contributed by atoms with Crippen LogP contribution in [0, 0.1) is 0 Å². The Morgan fingerprint density at radius 3 is 3.11 bits per heavy atom. The van der Waals surface area contributed by atoms with Crippen LogP contribution >= 0.6 is 0 Å². The molecule has 94 valence electrons. The largest absolute Gasteiger partial charge is 0.361 e. The van der Waals surface area contributed by atoms with Crippen LogP contribution in [-0.4, -0.2) is 21.0 Å². The van der Waals surface area contributed by atoms with Crippen LogP contribution in [0.15, 0.2) is 30.5 Å². The van der Waals surface area contributed by atoms with Gasteiger partial charge in [-0.1, -0.05) is 29.5 Å².